The third kappa shape index (κ3) is 43.7. The van der Waals surface area contributed by atoms with Gasteiger partial charge in [-0.05, 0) is 142 Å². The molecule has 4 aromatic rings. The van der Waals surface area contributed by atoms with Crippen LogP contribution < -0.4 is 71.2 Å². The number of nitrogens with zero attached hydrogens (tertiary/aromatic N) is 4. The molecule has 107 heavy (non-hydrogen) atoms. The van der Waals surface area contributed by atoms with Crippen molar-refractivity contribution >= 4 is 94.9 Å². The molecule has 4 rings (SSSR count). The van der Waals surface area contributed by atoms with Gasteiger partial charge in [-0.25, -0.2) is 44.2 Å². The molecule has 0 aliphatic rings. The molecule has 0 aliphatic carbocycles. The zero-order valence-electron chi connectivity index (χ0n) is 60.5. The number of carbonyl (C=O) groups excluding carboxylic acids is 9. The van der Waals surface area contributed by atoms with Crippen molar-refractivity contribution in [1.82, 2.24) is 42.5 Å². The van der Waals surface area contributed by atoms with Crippen LogP contribution in [0.2, 0.25) is 10.0 Å². The number of nitrogens with one attached hydrogen (secondary N) is 8. The molecule has 0 fully saturated rings. The minimum Gasteiger partial charge on any atom is -0.480 e. The first-order valence-corrected chi connectivity index (χ1v) is 34.7. The highest BCUT2D eigenvalue weighted by Gasteiger charge is 2.32. The van der Waals surface area contributed by atoms with Crippen molar-refractivity contribution in [1.29, 1.82) is 0 Å². The van der Waals surface area contributed by atoms with Crippen LogP contribution in [0.25, 0.3) is 0 Å². The van der Waals surface area contributed by atoms with Gasteiger partial charge < -0.3 is 95.3 Å². The lowest BCUT2D eigenvalue weighted by Gasteiger charge is -2.25. The lowest BCUT2D eigenvalue weighted by atomic mass is 9.90. The number of rotatable bonds is 40. The Morgan fingerprint density at radius 2 is 0.841 bits per heavy atom. The van der Waals surface area contributed by atoms with Gasteiger partial charge in [-0.1, -0.05) is 120 Å². The molecule has 0 unspecified atom stereocenters. The Balaban J connectivity index is 0.000000607. The van der Waals surface area contributed by atoms with Gasteiger partial charge in [0.2, 0.25) is 23.6 Å². The Hall–Kier alpha value is -11.1. The highest BCUT2D eigenvalue weighted by Crippen LogP contribution is 2.20. The molecule has 0 bridgehead atoms. The summed E-state index contributed by atoms with van der Waals surface area (Å²) in [4.78, 5) is 144. The highest BCUT2D eigenvalue weighted by atomic mass is 35.5. The number of nitro groups is 2. The molecule has 38 heteroatoms. The minimum absolute atomic E-state index is 0.000601. The Morgan fingerprint density at radius 3 is 1.23 bits per heavy atom. The van der Waals surface area contributed by atoms with E-state index in [1.165, 1.54) is 0 Å². The van der Waals surface area contributed by atoms with E-state index in [0.29, 0.717) is 67.1 Å². The van der Waals surface area contributed by atoms with Crippen LogP contribution in [-0.2, 0) is 73.8 Å². The van der Waals surface area contributed by atoms with Crippen LogP contribution in [-0.4, -0.2) is 154 Å². The number of Topliss-reactive ketones (excluding diaryl/α,β-unsaturated/α-hetero) is 1. The zero-order valence-corrected chi connectivity index (χ0v) is 62.0. The monoisotopic (exact) mass is 1540 g/mol. The summed E-state index contributed by atoms with van der Waals surface area (Å²) >= 11 is 12.1. The average Bonchev–Trinajstić information content (AvgIpc) is 0.881. The van der Waals surface area contributed by atoms with Crippen LogP contribution in [0.15, 0.2) is 119 Å². The SMILES string of the molecule is CC(C)(C)OC(=O)N[C@H](CCCN/C(N)=N\[N+](=O)[O-])C(=O)C[C@@H](Cc1ccccc1)C(=O)N[C@@H](CCCCNC(=O)OCc1ccccc1Cl)C(N)=O.CC(C)(C)OC(=O)N[C@H](CCCN/C(N)=N\[N+](=O)[O-])C(=O)O.NC(=O)[C@H](CCCCNC(=O)OCc1ccccc1Cl)NC(=O)[C@@H](N)Cc1ccccc1. The number of carboxylic acids is 1. The number of nitrogens with two attached hydrogens (primary N) is 5. The van der Waals surface area contributed by atoms with E-state index in [4.69, 9.17) is 75.9 Å². The predicted octanol–water partition coefficient (Wildman–Crippen LogP) is 5.41. The molecule has 4 aromatic carbocycles. The molecule has 36 nitrogen and oxygen atoms in total. The summed E-state index contributed by atoms with van der Waals surface area (Å²) in [5.74, 6) is -5.87. The quantitative estimate of drug-likeness (QED) is 0.00661. The van der Waals surface area contributed by atoms with Crippen molar-refractivity contribution in [3.05, 3.63) is 162 Å². The van der Waals surface area contributed by atoms with Crippen LogP contribution in [0, 0.1) is 26.1 Å². The molecule has 0 aromatic heterocycles. The summed E-state index contributed by atoms with van der Waals surface area (Å²) in [7, 11) is 0. The summed E-state index contributed by atoms with van der Waals surface area (Å²) in [6.07, 6.45) is 0.504. The number of hydrazone groups is 2. The fourth-order valence-electron chi connectivity index (χ4n) is 9.35. The first kappa shape index (κ1) is 91.9. The van der Waals surface area contributed by atoms with E-state index >= 15 is 0 Å². The van der Waals surface area contributed by atoms with E-state index in [2.05, 4.69) is 52.7 Å². The van der Waals surface area contributed by atoms with Gasteiger partial charge in [0.05, 0.1) is 12.1 Å². The molecule has 0 heterocycles. The van der Waals surface area contributed by atoms with Gasteiger partial charge in [0.25, 0.3) is 11.9 Å². The number of guanidine groups is 2. The number of primary amides is 2. The molecule has 8 amide bonds. The molecule has 0 aliphatic heterocycles. The normalized spacial score (nSPS) is 12.9. The maximum atomic E-state index is 13.7. The number of carbonyl (C=O) groups is 10. The third-order valence-corrected chi connectivity index (χ3v) is 15.2. The maximum Gasteiger partial charge on any atom is 0.408 e. The van der Waals surface area contributed by atoms with Crippen LogP contribution in [0.5, 0.6) is 0 Å². The molecule has 588 valence electrons. The summed E-state index contributed by atoms with van der Waals surface area (Å²) < 4.78 is 20.6. The molecular weight excluding hydrogens is 1440 g/mol. The second kappa shape index (κ2) is 49.6. The van der Waals surface area contributed by atoms with Gasteiger partial charge in [0, 0.05) is 59.7 Å². The number of benzene rings is 4. The number of ketones is 1. The Labute approximate surface area is 629 Å². The summed E-state index contributed by atoms with van der Waals surface area (Å²) in [5, 5.41) is 54.8. The van der Waals surface area contributed by atoms with Gasteiger partial charge in [0.1, 0.15) is 52.7 Å². The Morgan fingerprint density at radius 1 is 0.477 bits per heavy atom. The van der Waals surface area contributed by atoms with E-state index in [-0.39, 0.29) is 77.3 Å². The van der Waals surface area contributed by atoms with Gasteiger partial charge in [-0.3, -0.25) is 24.0 Å². The number of aliphatic carboxylic acids is 1. The molecule has 0 saturated carbocycles. The van der Waals surface area contributed by atoms with E-state index in [1.54, 1.807) is 114 Å². The van der Waals surface area contributed by atoms with Crippen molar-refractivity contribution < 1.29 is 82.1 Å². The number of carboxylic acid groups (broad SMARTS) is 1. The van der Waals surface area contributed by atoms with Gasteiger partial charge in [0.15, 0.2) is 15.8 Å². The van der Waals surface area contributed by atoms with Crippen molar-refractivity contribution in [3.8, 4) is 0 Å². The molecule has 0 spiro atoms. The number of hydrogen-bond donors (Lipinski definition) is 14. The smallest absolute Gasteiger partial charge is 0.408 e. The highest BCUT2D eigenvalue weighted by molar-refractivity contribution is 6.31. The lowest BCUT2D eigenvalue weighted by molar-refractivity contribution is -0.485. The standard InChI is InChI=1S/C35H49ClN8O9.C23H29ClN4O4.C11H21N5O6/c1-35(2,3)53-34(49)42-27(17-11-19-39-32(38)43-44(50)51)29(45)21-25(20-23-12-5-4-6-13-23)31(47)41-28(30(37)46)16-9-10-18-40-33(48)52-22-24-14-7-8-15-26(24)36;24-18-11-5-4-10-17(18)15-32-23(31)27-13-7-6-12-20(21(26)29)28-22(30)19(25)14-16-8-2-1-3-9-16;1-11(2,3)22-10(19)14-7(8(17)18)5-4-6-13-9(12)15-16(20)21/h4-8,12-15,25,27-28H,9-11,16-22H2,1-3H3,(H2,37,46)(H,40,48)(H,41,47)(H,42,49)(H3,38,39,43);1-5,8-11,19-20H,6-7,12-15,25H2,(H2,26,29)(H,27,31)(H,28,30);7H,4-6H2,1-3H3,(H,14,19)(H,17,18)(H3,12,13,15)/t25-,27-,28+;19-,20-;7-/m101/s1. The minimum atomic E-state index is -1.21. The van der Waals surface area contributed by atoms with Gasteiger partial charge in [-0.2, -0.15) is 0 Å². The molecule has 0 saturated heterocycles. The second-order valence-electron chi connectivity index (χ2n) is 25.8. The fourth-order valence-corrected chi connectivity index (χ4v) is 9.73. The lowest BCUT2D eigenvalue weighted by Crippen LogP contribution is -2.51. The summed E-state index contributed by atoms with van der Waals surface area (Å²) in [6, 6.07) is 27.5. The van der Waals surface area contributed by atoms with Crippen molar-refractivity contribution in [3.63, 3.8) is 0 Å². The Kier molecular flexibility index (Phi) is 42.6. The van der Waals surface area contributed by atoms with Crippen molar-refractivity contribution in [2.75, 3.05) is 26.2 Å². The van der Waals surface area contributed by atoms with Crippen LogP contribution in [0.3, 0.4) is 0 Å². The van der Waals surface area contributed by atoms with Crippen molar-refractivity contribution in [2.24, 2.45) is 44.8 Å². The van der Waals surface area contributed by atoms with Crippen LogP contribution >= 0.6 is 23.2 Å². The number of hydrogen-bond acceptors (Lipinski definition) is 19. The molecule has 19 N–H and O–H groups in total. The summed E-state index contributed by atoms with van der Waals surface area (Å²) in [5.41, 5.74) is 29.1. The first-order chi connectivity index (χ1) is 50.4. The fraction of sp³-hybridized carbons (Fsp3) is 0.478. The zero-order chi connectivity index (χ0) is 80.1. The largest absolute Gasteiger partial charge is 0.480 e. The molecule has 6 atom stereocenters. The third-order valence-electron chi connectivity index (χ3n) is 14.5. The van der Waals surface area contributed by atoms with E-state index in [0.717, 1.165) is 16.7 Å². The number of amides is 8. The van der Waals surface area contributed by atoms with Crippen LogP contribution in [0.4, 0.5) is 19.2 Å². The number of alkyl carbamates (subject to hydrolysis) is 4. The second-order valence-corrected chi connectivity index (χ2v) is 26.6. The predicted molar refractivity (Wildman–Crippen MR) is 396 cm³/mol. The number of halogens is 2. The average molecular weight is 1540 g/mol. The van der Waals surface area contributed by atoms with Crippen LogP contribution in [0.1, 0.15) is 134 Å². The van der Waals surface area contributed by atoms with Gasteiger partial charge >= 0.3 is 30.3 Å². The van der Waals surface area contributed by atoms with E-state index in [1.807, 2.05) is 36.4 Å². The Bertz CT molecular complexity index is 3590. The molecule has 0 radical (unpaired) electrons. The van der Waals surface area contributed by atoms with E-state index < -0.39 is 123 Å². The topological polar surface area (TPSA) is 565 Å². The summed E-state index contributed by atoms with van der Waals surface area (Å²) in [6.45, 7) is 10.9. The van der Waals surface area contributed by atoms with Crippen molar-refractivity contribution in [2.45, 2.75) is 180 Å². The number of unbranched alkanes of at least 4 members (excludes halogenated alkanes) is 2. The van der Waals surface area contributed by atoms with E-state index in [9.17, 15) is 68.2 Å². The maximum absolute atomic E-state index is 13.7. The number of ether oxygens (including phenoxy) is 4. The van der Waals surface area contributed by atoms with Gasteiger partial charge in [-0.15, -0.1) is 0 Å². The first-order valence-electron chi connectivity index (χ1n) is 33.9. The molecular formula is C69H99Cl2N17O19.